The lowest BCUT2D eigenvalue weighted by molar-refractivity contribution is 0.102. The number of nitrogens with zero attached hydrogens (tertiary/aromatic N) is 3. The monoisotopic (exact) mass is 327 g/mol. The summed E-state index contributed by atoms with van der Waals surface area (Å²) in [5.41, 5.74) is 6.02. The first-order chi connectivity index (χ1) is 8.56. The van der Waals surface area contributed by atoms with Gasteiger partial charge in [0, 0.05) is 5.38 Å². The van der Waals surface area contributed by atoms with E-state index < -0.39 is 0 Å². The number of anilines is 1. The van der Waals surface area contributed by atoms with Crippen molar-refractivity contribution in [3.8, 4) is 0 Å². The van der Waals surface area contributed by atoms with Crippen LogP contribution in [0.4, 0.5) is 5.82 Å². The van der Waals surface area contributed by atoms with E-state index in [0.717, 1.165) is 5.01 Å². The average Bonchev–Trinajstić information content (AvgIpc) is 2.81. The van der Waals surface area contributed by atoms with Crippen molar-refractivity contribution < 1.29 is 4.79 Å². The minimum Gasteiger partial charge on any atom is -0.322 e. The normalized spacial score (nSPS) is 12.2. The zero-order valence-corrected chi connectivity index (χ0v) is 11.8. The molecule has 1 amide bonds. The number of nitrogens with one attached hydrogen (secondary N) is 1. The Morgan fingerprint density at radius 3 is 2.83 bits per heavy atom. The topological polar surface area (TPSA) is 93.8 Å². The number of hydrogen-bond acceptors (Lipinski definition) is 6. The Kier molecular flexibility index (Phi) is 4.00. The van der Waals surface area contributed by atoms with Crippen molar-refractivity contribution in [1.82, 2.24) is 15.0 Å². The SMILES string of the molecule is CC(N)c1nc(C(=O)Nc2cnc(Br)cn2)cs1. The molecule has 8 heteroatoms. The van der Waals surface area contributed by atoms with Crippen molar-refractivity contribution in [2.45, 2.75) is 13.0 Å². The van der Waals surface area contributed by atoms with Crippen LogP contribution in [0.15, 0.2) is 22.4 Å². The second kappa shape index (κ2) is 5.51. The van der Waals surface area contributed by atoms with Gasteiger partial charge >= 0.3 is 0 Å². The van der Waals surface area contributed by atoms with E-state index in [9.17, 15) is 4.79 Å². The molecule has 1 unspecified atom stereocenters. The highest BCUT2D eigenvalue weighted by Crippen LogP contribution is 2.16. The maximum atomic E-state index is 11.8. The Bertz CT molecular complexity index is 554. The number of hydrogen-bond donors (Lipinski definition) is 2. The zero-order valence-electron chi connectivity index (χ0n) is 9.42. The highest BCUT2D eigenvalue weighted by atomic mass is 79.9. The van der Waals surface area contributed by atoms with Crippen molar-refractivity contribution in [3.63, 3.8) is 0 Å². The van der Waals surface area contributed by atoms with Crippen LogP contribution in [0.25, 0.3) is 0 Å². The number of thiazole rings is 1. The third-order valence-electron chi connectivity index (χ3n) is 2.01. The molecule has 0 aromatic carbocycles. The number of aromatic nitrogens is 3. The smallest absolute Gasteiger partial charge is 0.276 e. The van der Waals surface area contributed by atoms with E-state index in [1.807, 2.05) is 6.92 Å². The molecule has 2 rings (SSSR count). The Labute approximate surface area is 116 Å². The molecule has 0 bridgehead atoms. The summed E-state index contributed by atoms with van der Waals surface area (Å²) in [6.45, 7) is 1.82. The average molecular weight is 328 g/mol. The number of halogens is 1. The van der Waals surface area contributed by atoms with Gasteiger partial charge in [0.15, 0.2) is 5.82 Å². The second-order valence-electron chi connectivity index (χ2n) is 3.54. The van der Waals surface area contributed by atoms with Crippen LogP contribution in [0.1, 0.15) is 28.5 Å². The molecule has 0 saturated carbocycles. The molecule has 2 aromatic heterocycles. The molecular formula is C10H10BrN5OS. The van der Waals surface area contributed by atoms with Gasteiger partial charge in [-0.25, -0.2) is 15.0 Å². The first-order valence-electron chi connectivity index (χ1n) is 5.06. The van der Waals surface area contributed by atoms with Crippen LogP contribution < -0.4 is 11.1 Å². The van der Waals surface area contributed by atoms with E-state index in [2.05, 4.69) is 36.2 Å². The van der Waals surface area contributed by atoms with E-state index in [1.54, 1.807) is 5.38 Å². The number of rotatable bonds is 3. The predicted molar refractivity (Wildman–Crippen MR) is 72.4 cm³/mol. The summed E-state index contributed by atoms with van der Waals surface area (Å²) in [7, 11) is 0. The number of carbonyl (C=O) groups is 1. The van der Waals surface area contributed by atoms with Crippen molar-refractivity contribution in [1.29, 1.82) is 0 Å². The molecule has 2 heterocycles. The quantitative estimate of drug-likeness (QED) is 0.898. The molecule has 0 saturated heterocycles. The number of amides is 1. The molecule has 0 radical (unpaired) electrons. The fourth-order valence-electron chi connectivity index (χ4n) is 1.16. The van der Waals surface area contributed by atoms with Gasteiger partial charge in [-0.2, -0.15) is 0 Å². The van der Waals surface area contributed by atoms with Crippen LogP contribution in [0.5, 0.6) is 0 Å². The van der Waals surface area contributed by atoms with Gasteiger partial charge < -0.3 is 11.1 Å². The molecule has 0 fully saturated rings. The summed E-state index contributed by atoms with van der Waals surface area (Å²) in [5, 5.41) is 5.00. The molecule has 0 aliphatic rings. The summed E-state index contributed by atoms with van der Waals surface area (Å²) in [6.07, 6.45) is 2.96. The Balaban J connectivity index is 2.09. The minimum absolute atomic E-state index is 0.177. The first kappa shape index (κ1) is 13.1. The third-order valence-corrected chi connectivity index (χ3v) is 3.46. The lowest BCUT2D eigenvalue weighted by atomic mass is 10.4. The first-order valence-corrected chi connectivity index (χ1v) is 6.73. The summed E-state index contributed by atoms with van der Waals surface area (Å²) in [6, 6.07) is -0.177. The molecule has 1 atom stereocenters. The van der Waals surface area contributed by atoms with Crippen LogP contribution in [-0.4, -0.2) is 20.9 Å². The Morgan fingerprint density at radius 2 is 2.28 bits per heavy atom. The van der Waals surface area contributed by atoms with Gasteiger partial charge in [-0.1, -0.05) is 0 Å². The van der Waals surface area contributed by atoms with Gasteiger partial charge in [-0.05, 0) is 22.9 Å². The van der Waals surface area contributed by atoms with Gasteiger partial charge in [0.25, 0.3) is 5.91 Å². The van der Waals surface area contributed by atoms with Crippen LogP contribution in [0.3, 0.4) is 0 Å². The molecule has 0 spiro atoms. The fraction of sp³-hybridized carbons (Fsp3) is 0.200. The van der Waals surface area contributed by atoms with Crippen LogP contribution in [0, 0.1) is 0 Å². The second-order valence-corrected chi connectivity index (χ2v) is 5.24. The van der Waals surface area contributed by atoms with Crippen molar-refractivity contribution >= 4 is 39.0 Å². The molecule has 2 aromatic rings. The van der Waals surface area contributed by atoms with Crippen LogP contribution in [0.2, 0.25) is 0 Å². The molecule has 3 N–H and O–H groups in total. The molecule has 94 valence electrons. The molecule has 6 nitrogen and oxygen atoms in total. The van der Waals surface area contributed by atoms with Crippen LogP contribution in [-0.2, 0) is 0 Å². The number of carbonyl (C=O) groups excluding carboxylic acids is 1. The van der Waals surface area contributed by atoms with Gasteiger partial charge in [0.05, 0.1) is 18.4 Å². The third kappa shape index (κ3) is 3.09. The molecular weight excluding hydrogens is 318 g/mol. The van der Waals surface area contributed by atoms with Gasteiger partial charge in [0.2, 0.25) is 0 Å². The Morgan fingerprint density at radius 1 is 1.50 bits per heavy atom. The standard InChI is InChI=1S/C10H10BrN5OS/c1-5(12)10-15-6(4-18-10)9(17)16-8-3-13-7(11)2-14-8/h2-5H,12H2,1H3,(H,14,16,17). The maximum Gasteiger partial charge on any atom is 0.276 e. The predicted octanol–water partition coefficient (Wildman–Crippen LogP) is 1.97. The zero-order chi connectivity index (χ0) is 13.1. The summed E-state index contributed by atoms with van der Waals surface area (Å²) in [4.78, 5) is 24.0. The van der Waals surface area contributed by atoms with Gasteiger partial charge in [-0.3, -0.25) is 4.79 Å². The summed E-state index contributed by atoms with van der Waals surface area (Å²) < 4.78 is 0.605. The van der Waals surface area contributed by atoms with Gasteiger partial charge in [-0.15, -0.1) is 11.3 Å². The molecule has 0 aliphatic heterocycles. The van der Waals surface area contributed by atoms with Crippen molar-refractivity contribution in [3.05, 3.63) is 33.1 Å². The van der Waals surface area contributed by atoms with E-state index in [1.165, 1.54) is 23.7 Å². The fourth-order valence-corrected chi connectivity index (χ4v) is 2.12. The van der Waals surface area contributed by atoms with E-state index in [0.29, 0.717) is 16.1 Å². The molecule has 0 aliphatic carbocycles. The van der Waals surface area contributed by atoms with Gasteiger partial charge in [0.1, 0.15) is 15.3 Å². The highest BCUT2D eigenvalue weighted by Gasteiger charge is 2.13. The lowest BCUT2D eigenvalue weighted by Gasteiger charge is -2.01. The lowest BCUT2D eigenvalue weighted by Crippen LogP contribution is -2.14. The molecule has 18 heavy (non-hydrogen) atoms. The highest BCUT2D eigenvalue weighted by molar-refractivity contribution is 9.10. The summed E-state index contributed by atoms with van der Waals surface area (Å²) >= 11 is 4.52. The van der Waals surface area contributed by atoms with Crippen molar-refractivity contribution in [2.24, 2.45) is 5.73 Å². The van der Waals surface area contributed by atoms with Crippen molar-refractivity contribution in [2.75, 3.05) is 5.32 Å². The minimum atomic E-state index is -0.324. The van der Waals surface area contributed by atoms with E-state index in [4.69, 9.17) is 5.73 Å². The Hall–Kier alpha value is -1.38. The largest absolute Gasteiger partial charge is 0.322 e. The van der Waals surface area contributed by atoms with Crippen LogP contribution >= 0.6 is 27.3 Å². The maximum absolute atomic E-state index is 11.8. The number of nitrogens with two attached hydrogens (primary N) is 1. The van der Waals surface area contributed by atoms with E-state index in [-0.39, 0.29) is 11.9 Å². The van der Waals surface area contributed by atoms with E-state index >= 15 is 0 Å². The summed E-state index contributed by atoms with van der Waals surface area (Å²) in [5.74, 6) is 0.0494.